The van der Waals surface area contributed by atoms with Crippen molar-refractivity contribution in [2.75, 3.05) is 50.2 Å². The molecule has 0 unspecified atom stereocenters. The lowest BCUT2D eigenvalue weighted by molar-refractivity contribution is -0.136. The maximum Gasteiger partial charge on any atom is 0.407 e. The molecule has 4 aliphatic rings. The number of amides is 6. The van der Waals surface area contributed by atoms with E-state index in [2.05, 4.69) is 22.8 Å². The average molecular weight is 871 g/mol. The van der Waals surface area contributed by atoms with E-state index in [4.69, 9.17) is 19.4 Å². The zero-order valence-corrected chi connectivity index (χ0v) is 37.1. The first kappa shape index (κ1) is 43.8. The van der Waals surface area contributed by atoms with E-state index in [0.29, 0.717) is 76.3 Å². The maximum absolute atomic E-state index is 14.1. The minimum atomic E-state index is -0.724. The number of aromatic nitrogens is 2. The minimum Gasteiger partial charge on any atom is -0.453 e. The summed E-state index contributed by atoms with van der Waals surface area (Å²) in [5.74, 6) is -1.05. The van der Waals surface area contributed by atoms with Crippen LogP contribution in [0, 0.1) is 11.8 Å². The van der Waals surface area contributed by atoms with Crippen LogP contribution in [0.5, 0.6) is 0 Å². The van der Waals surface area contributed by atoms with Crippen LogP contribution in [0.15, 0.2) is 60.7 Å². The Hall–Kier alpha value is -6.84. The molecule has 8 rings (SSSR count). The number of methoxy groups -OCH3 is 2. The minimum absolute atomic E-state index is 0.139. The maximum atomic E-state index is 14.1. The van der Waals surface area contributed by atoms with Crippen LogP contribution in [0.1, 0.15) is 82.3 Å². The molecule has 2 aromatic carbocycles. The lowest BCUT2D eigenvalue weighted by atomic mass is 9.93. The molecule has 0 fully saturated rings. The monoisotopic (exact) mass is 870 g/mol. The van der Waals surface area contributed by atoms with Gasteiger partial charge in [-0.3, -0.25) is 19.2 Å². The number of rotatable bonds is 9. The average Bonchev–Trinajstić information content (AvgIpc) is 3.96. The number of pyridine rings is 2. The van der Waals surface area contributed by atoms with Crippen molar-refractivity contribution in [3.8, 4) is 11.1 Å². The predicted molar refractivity (Wildman–Crippen MR) is 238 cm³/mol. The third-order valence-electron chi connectivity index (χ3n) is 12.8. The van der Waals surface area contributed by atoms with Crippen molar-refractivity contribution in [3.63, 3.8) is 0 Å². The summed E-state index contributed by atoms with van der Waals surface area (Å²) in [5.41, 5.74) is 9.79. The molecule has 16 nitrogen and oxygen atoms in total. The van der Waals surface area contributed by atoms with Gasteiger partial charge in [-0.2, -0.15) is 0 Å². The summed E-state index contributed by atoms with van der Waals surface area (Å²) in [6, 6.07) is 17.8. The smallest absolute Gasteiger partial charge is 0.407 e. The summed E-state index contributed by atoms with van der Waals surface area (Å²) in [7, 11) is 2.53. The second kappa shape index (κ2) is 18.1. The molecule has 6 amide bonds. The zero-order chi connectivity index (χ0) is 45.4. The highest BCUT2D eigenvalue weighted by Crippen LogP contribution is 2.42. The molecule has 0 spiro atoms. The highest BCUT2D eigenvalue weighted by molar-refractivity contribution is 6.08. The van der Waals surface area contributed by atoms with E-state index in [9.17, 15) is 28.8 Å². The van der Waals surface area contributed by atoms with E-state index in [0.717, 1.165) is 56.1 Å². The van der Waals surface area contributed by atoms with E-state index in [-0.39, 0.29) is 35.5 Å². The summed E-state index contributed by atoms with van der Waals surface area (Å²) in [6.07, 6.45) is 0.959. The number of anilines is 2. The van der Waals surface area contributed by atoms with E-state index >= 15 is 0 Å². The highest BCUT2D eigenvalue weighted by Gasteiger charge is 2.36. The molecule has 16 heteroatoms. The second-order valence-corrected chi connectivity index (χ2v) is 17.4. The molecule has 4 aromatic rings. The molecule has 0 radical (unpaired) electrons. The van der Waals surface area contributed by atoms with Gasteiger partial charge >= 0.3 is 12.2 Å². The van der Waals surface area contributed by atoms with Gasteiger partial charge in [0.2, 0.25) is 11.8 Å². The molecule has 2 aromatic heterocycles. The van der Waals surface area contributed by atoms with Crippen molar-refractivity contribution in [3.05, 3.63) is 106 Å². The van der Waals surface area contributed by atoms with Crippen molar-refractivity contribution in [2.24, 2.45) is 11.8 Å². The van der Waals surface area contributed by atoms with Crippen LogP contribution in [-0.2, 0) is 57.8 Å². The molecule has 0 bridgehead atoms. The van der Waals surface area contributed by atoms with E-state index in [1.165, 1.54) is 14.2 Å². The van der Waals surface area contributed by atoms with Gasteiger partial charge in [0.15, 0.2) is 0 Å². The molecule has 2 atom stereocenters. The Bertz CT molecular complexity index is 2370. The Labute approximate surface area is 372 Å². The van der Waals surface area contributed by atoms with Gasteiger partial charge in [0, 0.05) is 74.9 Å². The Morgan fingerprint density at radius 3 is 1.33 bits per heavy atom. The molecule has 0 saturated heterocycles. The summed E-state index contributed by atoms with van der Waals surface area (Å²) in [6.45, 7) is 9.94. The molecule has 6 heterocycles. The quantitative estimate of drug-likeness (QED) is 0.230. The van der Waals surface area contributed by atoms with Gasteiger partial charge in [0.25, 0.3) is 11.8 Å². The molecular weight excluding hydrogens is 817 g/mol. The van der Waals surface area contributed by atoms with Gasteiger partial charge in [-0.15, -0.1) is 0 Å². The number of carbonyl (C=O) groups excluding carboxylic acids is 6. The SMILES string of the molecule is COC(=O)N[C@H](C(=O)N1CCc2nc(C(=O)N3CCc4c(-c5cccc6c5CCN6C(=O)c5ccc6c(n5)CCN(C(=O)[C@@H](NC(=O)OC)C(C)C)C6)cccc43)ccc2C1)C(C)C. The molecule has 4 aliphatic heterocycles. The summed E-state index contributed by atoms with van der Waals surface area (Å²) < 4.78 is 9.47. The van der Waals surface area contributed by atoms with Crippen LogP contribution >= 0.6 is 0 Å². The van der Waals surface area contributed by atoms with Crippen molar-refractivity contribution in [1.29, 1.82) is 0 Å². The van der Waals surface area contributed by atoms with Gasteiger partial charge in [0.05, 0.1) is 14.2 Å². The number of hydrogen-bond donors (Lipinski definition) is 2. The van der Waals surface area contributed by atoms with Crippen molar-refractivity contribution in [2.45, 2.75) is 78.6 Å². The predicted octanol–water partition coefficient (Wildman–Crippen LogP) is 5.08. The van der Waals surface area contributed by atoms with Gasteiger partial charge in [-0.1, -0.05) is 64.1 Å². The Kier molecular flexibility index (Phi) is 12.4. The normalized spacial score (nSPS) is 16.1. The number of hydrogen-bond acceptors (Lipinski definition) is 10. The van der Waals surface area contributed by atoms with Crippen molar-refractivity contribution in [1.82, 2.24) is 30.4 Å². The van der Waals surface area contributed by atoms with Crippen molar-refractivity contribution < 1.29 is 38.2 Å². The highest BCUT2D eigenvalue weighted by atomic mass is 16.5. The first-order valence-electron chi connectivity index (χ1n) is 21.9. The standard InChI is InChI=1S/C48H54N8O8/c1-27(2)41(51-47(61)63-5)45(59)53-21-19-35-29(25-53)13-15-37(49-35)43(57)55-23-17-33-31(9-7-11-39(33)55)32-10-8-12-40-34(32)18-24-56(40)44(58)38-16-14-30-26-54(22-20-36(30)50-38)46(60)42(28(3)4)52-48(62)64-6/h7-16,27-28,41-42H,17-26H2,1-6H3,(H,51,61)(H,52,62)/t41-,42-/m0/s1. The largest absolute Gasteiger partial charge is 0.453 e. The summed E-state index contributed by atoms with van der Waals surface area (Å²) in [5, 5.41) is 5.31. The van der Waals surface area contributed by atoms with Crippen LogP contribution in [0.2, 0.25) is 0 Å². The molecule has 64 heavy (non-hydrogen) atoms. The fourth-order valence-corrected chi connectivity index (χ4v) is 9.31. The number of fused-ring (bicyclic) bond motifs is 4. The van der Waals surface area contributed by atoms with E-state index in [1.54, 1.807) is 31.7 Å². The van der Waals surface area contributed by atoms with E-state index < -0.39 is 24.3 Å². The van der Waals surface area contributed by atoms with Gasteiger partial charge in [0.1, 0.15) is 23.5 Å². The number of nitrogens with zero attached hydrogens (tertiary/aromatic N) is 6. The third kappa shape index (κ3) is 8.36. The number of alkyl carbamates (subject to hydrolysis) is 2. The van der Waals surface area contributed by atoms with Gasteiger partial charge < -0.3 is 39.7 Å². The number of ether oxygens (including phenoxy) is 2. The van der Waals surface area contributed by atoms with Gasteiger partial charge in [-0.25, -0.2) is 19.6 Å². The number of nitrogens with one attached hydrogen (secondary N) is 2. The van der Waals surface area contributed by atoms with Crippen LogP contribution in [0.25, 0.3) is 11.1 Å². The number of benzene rings is 2. The Morgan fingerprint density at radius 1 is 0.547 bits per heavy atom. The lowest BCUT2D eigenvalue weighted by Crippen LogP contribution is -2.52. The van der Waals surface area contributed by atoms with Crippen molar-refractivity contribution >= 4 is 47.2 Å². The summed E-state index contributed by atoms with van der Waals surface area (Å²) >= 11 is 0. The third-order valence-corrected chi connectivity index (χ3v) is 12.8. The molecule has 334 valence electrons. The first-order valence-corrected chi connectivity index (χ1v) is 21.9. The van der Waals surface area contributed by atoms with E-state index in [1.807, 2.05) is 64.1 Å². The first-order chi connectivity index (χ1) is 30.8. The topological polar surface area (TPSA) is 184 Å². The van der Waals surface area contributed by atoms with Crippen LogP contribution < -0.4 is 20.4 Å². The molecule has 0 aliphatic carbocycles. The zero-order valence-electron chi connectivity index (χ0n) is 37.1. The van der Waals surface area contributed by atoms with Gasteiger partial charge in [-0.05, 0) is 82.3 Å². The summed E-state index contributed by atoms with van der Waals surface area (Å²) in [4.78, 5) is 95.6. The Morgan fingerprint density at radius 2 is 0.953 bits per heavy atom. The van der Waals surface area contributed by atoms with Crippen LogP contribution in [0.3, 0.4) is 0 Å². The fraction of sp³-hybridized carbons (Fsp3) is 0.417. The second-order valence-electron chi connectivity index (χ2n) is 17.4. The molecule has 0 saturated carbocycles. The molecule has 2 N–H and O–H groups in total. The van der Waals surface area contributed by atoms with Crippen LogP contribution in [0.4, 0.5) is 21.0 Å². The molecular formula is C48H54N8O8. The Balaban J connectivity index is 0.961. The van der Waals surface area contributed by atoms with Crippen LogP contribution in [-0.4, -0.2) is 108 Å². The number of carbonyl (C=O) groups is 6. The fourth-order valence-electron chi connectivity index (χ4n) is 9.31. The lowest BCUT2D eigenvalue weighted by Gasteiger charge is -2.33.